The molecular formula is C20H16FNO4. The van der Waals surface area contributed by atoms with Crippen molar-refractivity contribution in [3.05, 3.63) is 68.2 Å². The van der Waals surface area contributed by atoms with E-state index in [4.69, 9.17) is 4.42 Å². The smallest absolute Gasteiger partial charge is 0.339 e. The zero-order valence-electron chi connectivity index (χ0n) is 13.9. The molecule has 0 unspecified atom stereocenters. The van der Waals surface area contributed by atoms with Gasteiger partial charge in [-0.1, -0.05) is 19.3 Å². The molecule has 0 radical (unpaired) electrons. The highest BCUT2D eigenvalue weighted by molar-refractivity contribution is 5.84. The van der Waals surface area contributed by atoms with Crippen LogP contribution in [-0.4, -0.2) is 9.67 Å². The number of pyridine rings is 1. The van der Waals surface area contributed by atoms with Crippen LogP contribution in [0.5, 0.6) is 5.75 Å². The predicted molar refractivity (Wildman–Crippen MR) is 93.6 cm³/mol. The monoisotopic (exact) mass is 353 g/mol. The van der Waals surface area contributed by atoms with Gasteiger partial charge in [-0.15, -0.1) is 0 Å². The summed E-state index contributed by atoms with van der Waals surface area (Å²) in [6, 6.07) is 7.02. The zero-order chi connectivity index (χ0) is 18.1. The Morgan fingerprint density at radius 2 is 1.85 bits per heavy atom. The van der Waals surface area contributed by atoms with Crippen molar-refractivity contribution in [2.24, 2.45) is 0 Å². The van der Waals surface area contributed by atoms with Crippen LogP contribution >= 0.6 is 0 Å². The minimum atomic E-state index is -0.710. The normalized spacial score (nSPS) is 17.4. The van der Waals surface area contributed by atoms with Gasteiger partial charge in [0.2, 0.25) is 0 Å². The molecule has 5 nitrogen and oxygen atoms in total. The molecule has 0 saturated heterocycles. The highest BCUT2D eigenvalue weighted by Gasteiger charge is 2.45. The van der Waals surface area contributed by atoms with Crippen LogP contribution in [0.4, 0.5) is 4.39 Å². The molecule has 132 valence electrons. The second-order valence-electron chi connectivity index (χ2n) is 7.16. The molecule has 1 aliphatic carbocycles. The predicted octanol–water partition coefficient (Wildman–Crippen LogP) is 3.35. The first kappa shape index (κ1) is 15.4. The molecule has 1 spiro atoms. The SMILES string of the molecule is O=c1cc(O)c2c(=O)n3c(cc2o1)C1(CCCCC1)c1cc(F)ccc1-3. The van der Waals surface area contributed by atoms with Gasteiger partial charge in [0.15, 0.2) is 0 Å². The van der Waals surface area contributed by atoms with Crippen molar-refractivity contribution in [3.8, 4) is 11.4 Å². The van der Waals surface area contributed by atoms with Crippen LogP contribution in [0.1, 0.15) is 43.4 Å². The number of rotatable bonds is 0. The van der Waals surface area contributed by atoms with E-state index in [1.165, 1.54) is 12.1 Å². The summed E-state index contributed by atoms with van der Waals surface area (Å²) in [5.41, 5.74) is 0.598. The van der Waals surface area contributed by atoms with Crippen LogP contribution in [0, 0.1) is 5.82 Å². The highest BCUT2D eigenvalue weighted by Crippen LogP contribution is 2.51. The lowest BCUT2D eigenvalue weighted by atomic mass is 9.68. The van der Waals surface area contributed by atoms with Gasteiger partial charge in [-0.2, -0.15) is 0 Å². The third-order valence-corrected chi connectivity index (χ3v) is 5.81. The lowest BCUT2D eigenvalue weighted by Gasteiger charge is -2.34. The number of hydrogen-bond donors (Lipinski definition) is 1. The Morgan fingerprint density at radius 3 is 2.62 bits per heavy atom. The fraction of sp³-hybridized carbons (Fsp3) is 0.300. The molecule has 5 rings (SSSR count). The van der Waals surface area contributed by atoms with Crippen LogP contribution in [0.3, 0.4) is 0 Å². The van der Waals surface area contributed by atoms with Crippen molar-refractivity contribution < 1.29 is 13.9 Å². The van der Waals surface area contributed by atoms with E-state index in [0.29, 0.717) is 11.4 Å². The van der Waals surface area contributed by atoms with Crippen LogP contribution in [0.2, 0.25) is 0 Å². The first-order valence-corrected chi connectivity index (χ1v) is 8.75. The maximum absolute atomic E-state index is 14.0. The Balaban J connectivity index is 1.96. The molecular weight excluding hydrogens is 337 g/mol. The highest BCUT2D eigenvalue weighted by atomic mass is 19.1. The van der Waals surface area contributed by atoms with Crippen LogP contribution in [0.25, 0.3) is 16.7 Å². The number of fused-ring (bicyclic) bond motifs is 6. The number of benzene rings is 1. The summed E-state index contributed by atoms with van der Waals surface area (Å²) >= 11 is 0. The largest absolute Gasteiger partial charge is 0.507 e. The molecule has 1 aromatic carbocycles. The Hall–Kier alpha value is -2.89. The number of aromatic hydroxyl groups is 1. The minimum absolute atomic E-state index is 0.0310. The maximum atomic E-state index is 14.0. The van der Waals surface area contributed by atoms with Crippen molar-refractivity contribution in [1.82, 2.24) is 4.57 Å². The molecule has 0 bridgehead atoms. The second kappa shape index (κ2) is 5.06. The van der Waals surface area contributed by atoms with Gasteiger partial charge in [-0.25, -0.2) is 9.18 Å². The molecule has 1 N–H and O–H groups in total. The Labute approximate surface area is 147 Å². The third-order valence-electron chi connectivity index (χ3n) is 5.81. The number of halogens is 1. The zero-order valence-corrected chi connectivity index (χ0v) is 13.9. The molecule has 26 heavy (non-hydrogen) atoms. The van der Waals surface area contributed by atoms with Gasteiger partial charge in [0.05, 0.1) is 11.8 Å². The van der Waals surface area contributed by atoms with Gasteiger partial charge < -0.3 is 9.52 Å². The molecule has 1 saturated carbocycles. The first-order chi connectivity index (χ1) is 12.5. The molecule has 3 heterocycles. The molecule has 0 atom stereocenters. The van der Waals surface area contributed by atoms with Crippen LogP contribution < -0.4 is 11.2 Å². The fourth-order valence-corrected chi connectivity index (χ4v) is 4.72. The standard InChI is InChI=1S/C20H16FNO4/c21-11-4-5-13-12(8-11)20(6-2-1-3-7-20)16-10-15-18(19(25)22(13)16)14(23)9-17(24)26-15/h4-5,8-10,23H,1-3,6-7H2. The lowest BCUT2D eigenvalue weighted by Crippen LogP contribution is -2.31. The van der Waals surface area contributed by atoms with Crippen molar-refractivity contribution in [3.63, 3.8) is 0 Å². The van der Waals surface area contributed by atoms with E-state index >= 15 is 0 Å². The maximum Gasteiger partial charge on any atom is 0.339 e. The van der Waals surface area contributed by atoms with E-state index in [0.717, 1.165) is 43.7 Å². The van der Waals surface area contributed by atoms with Gasteiger partial charge in [-0.05, 0) is 36.6 Å². The van der Waals surface area contributed by atoms with E-state index in [9.17, 15) is 19.1 Å². The van der Waals surface area contributed by atoms with E-state index in [2.05, 4.69) is 0 Å². The molecule has 3 aromatic rings. The molecule has 2 aliphatic rings. The van der Waals surface area contributed by atoms with Crippen molar-refractivity contribution in [2.45, 2.75) is 37.5 Å². The average molecular weight is 353 g/mol. The fourth-order valence-electron chi connectivity index (χ4n) is 4.72. The van der Waals surface area contributed by atoms with Crippen LogP contribution in [-0.2, 0) is 5.41 Å². The van der Waals surface area contributed by atoms with E-state index in [1.807, 2.05) is 0 Å². The Bertz CT molecular complexity index is 1180. The number of nitrogens with zero attached hydrogens (tertiary/aromatic N) is 1. The Kier molecular flexibility index (Phi) is 2.99. The summed E-state index contributed by atoms with van der Waals surface area (Å²) in [6.45, 7) is 0. The van der Waals surface area contributed by atoms with Crippen molar-refractivity contribution >= 4 is 11.0 Å². The van der Waals surface area contributed by atoms with Gasteiger partial charge in [0, 0.05) is 17.2 Å². The van der Waals surface area contributed by atoms with Gasteiger partial charge in [0.1, 0.15) is 22.5 Å². The molecule has 6 heteroatoms. The molecule has 1 fully saturated rings. The van der Waals surface area contributed by atoms with Crippen molar-refractivity contribution in [1.29, 1.82) is 0 Å². The quantitative estimate of drug-likeness (QED) is 0.673. The topological polar surface area (TPSA) is 72.4 Å². The summed E-state index contributed by atoms with van der Waals surface area (Å²) in [5.74, 6) is -0.738. The number of aromatic nitrogens is 1. The molecule has 2 aromatic heterocycles. The Morgan fingerprint density at radius 1 is 1.08 bits per heavy atom. The summed E-state index contributed by atoms with van der Waals surface area (Å²) in [5, 5.41) is 10.1. The minimum Gasteiger partial charge on any atom is -0.507 e. The number of hydrogen-bond acceptors (Lipinski definition) is 4. The van der Waals surface area contributed by atoms with E-state index in [-0.39, 0.29) is 16.8 Å². The summed E-state index contributed by atoms with van der Waals surface area (Å²) in [7, 11) is 0. The van der Waals surface area contributed by atoms with E-state index in [1.54, 1.807) is 16.7 Å². The van der Waals surface area contributed by atoms with Gasteiger partial charge in [-0.3, -0.25) is 9.36 Å². The first-order valence-electron chi connectivity index (χ1n) is 8.75. The van der Waals surface area contributed by atoms with Gasteiger partial charge in [0.25, 0.3) is 5.56 Å². The molecule has 1 aliphatic heterocycles. The summed E-state index contributed by atoms with van der Waals surface area (Å²) < 4.78 is 20.8. The van der Waals surface area contributed by atoms with Crippen molar-refractivity contribution in [2.75, 3.05) is 0 Å². The van der Waals surface area contributed by atoms with Gasteiger partial charge >= 0.3 is 5.63 Å². The average Bonchev–Trinajstić information content (AvgIpc) is 2.85. The van der Waals surface area contributed by atoms with Crippen LogP contribution in [0.15, 0.2) is 44.3 Å². The van der Waals surface area contributed by atoms with E-state index < -0.39 is 22.3 Å². The molecule has 0 amide bonds. The summed E-state index contributed by atoms with van der Waals surface area (Å²) in [4.78, 5) is 24.8. The lowest BCUT2D eigenvalue weighted by molar-refractivity contribution is 0.345. The second-order valence-corrected chi connectivity index (χ2v) is 7.16. The summed E-state index contributed by atoms with van der Waals surface area (Å²) in [6.07, 6.45) is 4.66. The third kappa shape index (κ3) is 1.84.